The largest absolute Gasteiger partial charge is 0.310 e. The van der Waals surface area contributed by atoms with Crippen molar-refractivity contribution in [2.24, 2.45) is 0 Å². The van der Waals surface area contributed by atoms with Crippen LogP contribution in [0, 0.1) is 0 Å². The number of nitrogens with zero attached hydrogens (tertiary/aromatic N) is 4. The molecule has 338 valence electrons. The molecular weight excluding hydrogens is 935 g/mol. The van der Waals surface area contributed by atoms with Crippen molar-refractivity contribution in [3.05, 3.63) is 218 Å². The molecule has 0 saturated carbocycles. The van der Waals surface area contributed by atoms with E-state index in [9.17, 15) is 0 Å². The maximum Gasteiger partial charge on any atom is 0.249 e. The number of aromatic nitrogens is 4. The molecule has 4 aliphatic rings. The van der Waals surface area contributed by atoms with Gasteiger partial charge in [0.15, 0.2) is 0 Å². The molecule has 0 N–H and O–H groups in total. The summed E-state index contributed by atoms with van der Waals surface area (Å²) in [7, 11) is 0. The average molecular weight is 971 g/mol. The number of rotatable bonds is 2. The van der Waals surface area contributed by atoms with Crippen LogP contribution in [0.5, 0.6) is 0 Å². The summed E-state index contributed by atoms with van der Waals surface area (Å²) in [6.07, 6.45) is 0. The van der Waals surface area contributed by atoms with Gasteiger partial charge in [-0.15, -0.1) is 0 Å². The van der Waals surface area contributed by atoms with Gasteiger partial charge >= 0.3 is 0 Å². The quantitative estimate of drug-likeness (QED) is 0.161. The number of benzene rings is 11. The molecule has 74 heavy (non-hydrogen) atoms. The van der Waals surface area contributed by atoms with Crippen LogP contribution in [0.1, 0.15) is 0 Å². The van der Waals surface area contributed by atoms with Crippen molar-refractivity contribution in [1.82, 2.24) is 18.3 Å². The Bertz CT molecular complexity index is 4790. The lowest BCUT2D eigenvalue weighted by atomic mass is 9.32. The second-order valence-corrected chi connectivity index (χ2v) is 22.9. The topological polar surface area (TPSA) is 19.7 Å². The molecule has 8 heterocycles. The Balaban J connectivity index is 0.850. The predicted octanol–water partition coefficient (Wildman–Crippen LogP) is 12.7. The van der Waals surface area contributed by atoms with Crippen LogP contribution in [0.25, 0.3) is 110 Å². The number of hydrogen-bond donors (Lipinski definition) is 0. The normalized spacial score (nSPS) is 13.8. The van der Waals surface area contributed by atoms with Crippen LogP contribution in [0.2, 0.25) is 0 Å². The Hall–Kier alpha value is -8.55. The van der Waals surface area contributed by atoms with Crippen LogP contribution in [0.4, 0.5) is 0 Å². The molecule has 4 aliphatic heterocycles. The summed E-state index contributed by atoms with van der Waals surface area (Å²) in [6, 6.07) is 82.9. The van der Waals surface area contributed by atoms with E-state index in [2.05, 4.69) is 237 Å². The van der Waals surface area contributed by atoms with Crippen LogP contribution >= 0.6 is 23.5 Å². The van der Waals surface area contributed by atoms with Crippen LogP contribution in [0.3, 0.4) is 0 Å². The molecule has 0 unspecified atom stereocenters. The van der Waals surface area contributed by atoms with Crippen molar-refractivity contribution < 1.29 is 0 Å². The van der Waals surface area contributed by atoms with Gasteiger partial charge in [-0.25, -0.2) is 0 Å². The third-order valence-electron chi connectivity index (χ3n) is 17.2. The molecule has 0 saturated heterocycles. The van der Waals surface area contributed by atoms with Gasteiger partial charge in [0.2, 0.25) is 13.4 Å². The molecule has 15 aromatic rings. The van der Waals surface area contributed by atoms with E-state index >= 15 is 0 Å². The molecule has 19 rings (SSSR count). The first-order valence-corrected chi connectivity index (χ1v) is 27.3. The fourth-order valence-electron chi connectivity index (χ4n) is 14.4. The lowest BCUT2D eigenvalue weighted by molar-refractivity contribution is 1.16. The van der Waals surface area contributed by atoms with Crippen LogP contribution in [-0.2, 0) is 0 Å². The van der Waals surface area contributed by atoms with Gasteiger partial charge in [0, 0.05) is 96.5 Å². The summed E-state index contributed by atoms with van der Waals surface area (Å²) < 4.78 is 10.1. The Kier molecular flexibility index (Phi) is 7.25. The van der Waals surface area contributed by atoms with E-state index < -0.39 is 0 Å². The summed E-state index contributed by atoms with van der Waals surface area (Å²) in [5, 5.41) is 10.3. The second-order valence-electron chi connectivity index (χ2n) is 20.7. The molecule has 0 atom stereocenters. The van der Waals surface area contributed by atoms with Gasteiger partial charge in [0.25, 0.3) is 0 Å². The van der Waals surface area contributed by atoms with Crippen LogP contribution in [0.15, 0.2) is 238 Å². The highest BCUT2D eigenvalue weighted by Gasteiger charge is 2.44. The van der Waals surface area contributed by atoms with Gasteiger partial charge in [-0.1, -0.05) is 162 Å². The summed E-state index contributed by atoms with van der Waals surface area (Å²) in [4.78, 5) is 5.42. The van der Waals surface area contributed by atoms with Crippen molar-refractivity contribution in [2.75, 3.05) is 0 Å². The number of hydrogen-bond acceptors (Lipinski definition) is 2. The molecule has 0 aliphatic carbocycles. The van der Waals surface area contributed by atoms with Crippen molar-refractivity contribution in [2.45, 2.75) is 19.6 Å². The summed E-state index contributed by atoms with van der Waals surface area (Å²) in [5.41, 5.74) is 23.4. The fraction of sp³-hybridized carbons (Fsp3) is 0. The van der Waals surface area contributed by atoms with Crippen molar-refractivity contribution in [3.63, 3.8) is 0 Å². The zero-order valence-electron chi connectivity index (χ0n) is 39.5. The zero-order chi connectivity index (χ0) is 47.7. The van der Waals surface area contributed by atoms with E-state index in [1.807, 2.05) is 23.5 Å². The van der Waals surface area contributed by atoms with E-state index in [4.69, 9.17) is 0 Å². The molecule has 8 heteroatoms. The molecule has 11 aromatic carbocycles. The summed E-state index contributed by atoms with van der Waals surface area (Å²) in [6.45, 7) is 0.170. The van der Waals surface area contributed by atoms with E-state index in [1.54, 1.807) is 0 Å². The lowest BCUT2D eigenvalue weighted by Crippen LogP contribution is -2.62. The van der Waals surface area contributed by atoms with Crippen molar-refractivity contribution in [3.8, 4) is 22.7 Å². The third kappa shape index (κ3) is 4.70. The molecule has 0 radical (unpaired) electrons. The lowest BCUT2D eigenvalue weighted by Gasteiger charge is -2.36. The van der Waals surface area contributed by atoms with E-state index in [-0.39, 0.29) is 13.4 Å². The Morgan fingerprint density at radius 3 is 1.15 bits per heavy atom. The Labute approximate surface area is 433 Å². The minimum absolute atomic E-state index is 0.0851. The van der Waals surface area contributed by atoms with E-state index in [0.29, 0.717) is 0 Å². The molecule has 0 bridgehead atoms. The molecular formula is C66H36B2N4S2. The first-order valence-electron chi connectivity index (χ1n) is 25.6. The third-order valence-corrected chi connectivity index (χ3v) is 19.5. The maximum atomic E-state index is 2.65. The highest BCUT2D eigenvalue weighted by Crippen LogP contribution is 2.46. The maximum absolute atomic E-state index is 2.65. The van der Waals surface area contributed by atoms with E-state index in [0.717, 1.165) is 0 Å². The van der Waals surface area contributed by atoms with Gasteiger partial charge in [-0.2, -0.15) is 0 Å². The molecule has 4 nitrogen and oxygen atoms in total. The second kappa shape index (κ2) is 13.7. The van der Waals surface area contributed by atoms with Crippen LogP contribution in [-0.4, -0.2) is 31.7 Å². The summed E-state index contributed by atoms with van der Waals surface area (Å²) in [5.74, 6) is 0. The number of fused-ring (bicyclic) bond motifs is 20. The average Bonchev–Trinajstić information content (AvgIpc) is 4.17. The molecule has 0 amide bonds. The molecule has 0 fully saturated rings. The van der Waals surface area contributed by atoms with Crippen molar-refractivity contribution >= 4 is 157 Å². The molecule has 4 aromatic heterocycles. The monoisotopic (exact) mass is 970 g/mol. The minimum atomic E-state index is 0.0851. The van der Waals surface area contributed by atoms with Gasteiger partial charge < -0.3 is 18.3 Å². The van der Waals surface area contributed by atoms with E-state index in [1.165, 1.54) is 162 Å². The highest BCUT2D eigenvalue weighted by molar-refractivity contribution is 8.01. The van der Waals surface area contributed by atoms with Gasteiger partial charge in [-0.3, -0.25) is 0 Å². The van der Waals surface area contributed by atoms with Gasteiger partial charge in [0.1, 0.15) is 0 Å². The van der Waals surface area contributed by atoms with Gasteiger partial charge in [-0.05, 0) is 113 Å². The van der Waals surface area contributed by atoms with Gasteiger partial charge in [0.05, 0.1) is 33.1 Å². The predicted molar refractivity (Wildman–Crippen MR) is 314 cm³/mol. The molecule has 0 spiro atoms. The number of para-hydroxylation sites is 6. The first-order chi connectivity index (χ1) is 36.7. The Morgan fingerprint density at radius 1 is 0.257 bits per heavy atom. The minimum Gasteiger partial charge on any atom is -0.310 e. The SMILES string of the molecule is c1ccc(-n2c3ccccc3c3cc4c5cccc6c5n(c4cc32)-c2cccc3c2B6c2cc4c(cc2S3)Sc2cccc3c2B4c2cccc4c5cc6c7ccccc7n(-c7ccccc7)c6cc5n-3c24)cc1. The first kappa shape index (κ1) is 39.0. The fourth-order valence-corrected chi connectivity index (χ4v) is 16.9. The highest BCUT2D eigenvalue weighted by atomic mass is 32.2. The van der Waals surface area contributed by atoms with Crippen LogP contribution < -0.4 is 32.8 Å². The standard InChI is InChI=1S/C66H36B2N4S2/c1-3-15-37(16-4-1)69-51-25-9-7-19-39(51)43-31-45-41-21-11-23-47-65(41)71(57(45)34-55(43)69)53-27-13-29-59-63(53)67(47)49-33-50-62(36-61(49)73-59)74-60-30-14-28-54-64(60)68(50)48-24-12-22-42-46-32-44-40-20-8-10-26-52(40)70(38-17-5-2-6-18-38)56(44)35-58(46)72(54)66(42)48/h1-36H. The van der Waals surface area contributed by atoms with Crippen molar-refractivity contribution in [1.29, 1.82) is 0 Å². The zero-order valence-corrected chi connectivity index (χ0v) is 41.2. The summed E-state index contributed by atoms with van der Waals surface area (Å²) >= 11 is 3.92. The smallest absolute Gasteiger partial charge is 0.249 e. The Morgan fingerprint density at radius 2 is 0.662 bits per heavy atom.